The van der Waals surface area contributed by atoms with Crippen molar-refractivity contribution in [1.29, 1.82) is 0 Å². The van der Waals surface area contributed by atoms with E-state index in [1.165, 1.54) is 42.7 Å². The first kappa shape index (κ1) is 15.0. The molecule has 0 aromatic carbocycles. The standard InChI is InChI=1S/C17H26N2OS/c1-2-9-19-10-7-14(8-11-19)18-17(20)16-12-13-5-3-4-6-15(13)21-16/h12,14H,2-11H2,1H3,(H,18,20). The number of fused-ring (bicyclic) bond motifs is 1. The van der Waals surface area contributed by atoms with E-state index in [2.05, 4.69) is 23.2 Å². The lowest BCUT2D eigenvalue weighted by Crippen LogP contribution is -2.44. The molecule has 1 aromatic heterocycles. The van der Waals surface area contributed by atoms with Gasteiger partial charge in [0.1, 0.15) is 0 Å². The highest BCUT2D eigenvalue weighted by Gasteiger charge is 2.22. The lowest BCUT2D eigenvalue weighted by atomic mass is 9.99. The van der Waals surface area contributed by atoms with E-state index in [1.54, 1.807) is 11.3 Å². The van der Waals surface area contributed by atoms with Crippen LogP contribution >= 0.6 is 11.3 Å². The number of thiophene rings is 1. The lowest BCUT2D eigenvalue weighted by Gasteiger charge is -2.31. The van der Waals surface area contributed by atoms with Crippen molar-refractivity contribution >= 4 is 17.2 Å². The summed E-state index contributed by atoms with van der Waals surface area (Å²) in [5.74, 6) is 0.156. The van der Waals surface area contributed by atoms with Crippen LogP contribution in [0, 0.1) is 0 Å². The number of carbonyl (C=O) groups is 1. The first-order chi connectivity index (χ1) is 10.3. The van der Waals surface area contributed by atoms with E-state index in [-0.39, 0.29) is 5.91 Å². The van der Waals surface area contributed by atoms with E-state index >= 15 is 0 Å². The molecular formula is C17H26N2OS. The van der Waals surface area contributed by atoms with Gasteiger partial charge >= 0.3 is 0 Å². The van der Waals surface area contributed by atoms with Crippen LogP contribution in [0.2, 0.25) is 0 Å². The fraction of sp³-hybridized carbons (Fsp3) is 0.706. The fourth-order valence-corrected chi connectivity index (χ4v) is 4.63. The Hall–Kier alpha value is -0.870. The van der Waals surface area contributed by atoms with Gasteiger partial charge in [0.25, 0.3) is 5.91 Å². The molecule has 0 unspecified atom stereocenters. The van der Waals surface area contributed by atoms with Gasteiger partial charge in [-0.15, -0.1) is 11.3 Å². The number of likely N-dealkylation sites (tertiary alicyclic amines) is 1. The molecule has 2 heterocycles. The zero-order valence-corrected chi connectivity index (χ0v) is 13.8. The number of hydrogen-bond donors (Lipinski definition) is 1. The molecule has 1 fully saturated rings. The topological polar surface area (TPSA) is 32.3 Å². The van der Waals surface area contributed by atoms with E-state index in [4.69, 9.17) is 0 Å². The van der Waals surface area contributed by atoms with Crippen molar-refractivity contribution < 1.29 is 4.79 Å². The van der Waals surface area contributed by atoms with E-state index < -0.39 is 0 Å². The molecule has 0 spiro atoms. The van der Waals surface area contributed by atoms with E-state index in [1.807, 2.05) is 0 Å². The second-order valence-corrected chi connectivity index (χ2v) is 7.49. The van der Waals surface area contributed by atoms with Crippen molar-refractivity contribution in [3.63, 3.8) is 0 Å². The molecular weight excluding hydrogens is 280 g/mol. The van der Waals surface area contributed by atoms with Gasteiger partial charge in [-0.05, 0) is 63.1 Å². The zero-order valence-electron chi connectivity index (χ0n) is 13.0. The summed E-state index contributed by atoms with van der Waals surface area (Å²) in [6.45, 7) is 5.67. The Balaban J connectivity index is 1.53. The number of nitrogens with one attached hydrogen (secondary N) is 1. The second-order valence-electron chi connectivity index (χ2n) is 6.36. The van der Waals surface area contributed by atoms with Crippen LogP contribution in [0.4, 0.5) is 0 Å². The molecule has 1 saturated heterocycles. The van der Waals surface area contributed by atoms with Crippen LogP contribution in [0.15, 0.2) is 6.07 Å². The van der Waals surface area contributed by atoms with Crippen molar-refractivity contribution in [1.82, 2.24) is 10.2 Å². The highest BCUT2D eigenvalue weighted by Crippen LogP contribution is 2.29. The third-order valence-corrected chi connectivity index (χ3v) is 5.92. The minimum atomic E-state index is 0.156. The summed E-state index contributed by atoms with van der Waals surface area (Å²) in [6, 6.07) is 2.51. The summed E-state index contributed by atoms with van der Waals surface area (Å²) < 4.78 is 0. The van der Waals surface area contributed by atoms with Crippen molar-refractivity contribution in [2.75, 3.05) is 19.6 Å². The monoisotopic (exact) mass is 306 g/mol. The fourth-order valence-electron chi connectivity index (χ4n) is 3.48. The van der Waals surface area contributed by atoms with Crippen LogP contribution in [0.5, 0.6) is 0 Å². The Morgan fingerprint density at radius 3 is 2.81 bits per heavy atom. The molecule has 1 aliphatic heterocycles. The van der Waals surface area contributed by atoms with Crippen LogP contribution in [-0.2, 0) is 12.8 Å². The molecule has 4 heteroatoms. The molecule has 0 saturated carbocycles. The molecule has 1 aromatic rings. The number of nitrogens with zero attached hydrogens (tertiary/aromatic N) is 1. The maximum atomic E-state index is 12.4. The second kappa shape index (κ2) is 6.93. The molecule has 2 aliphatic rings. The third-order valence-electron chi connectivity index (χ3n) is 4.68. The Labute approximate surface area is 131 Å². The summed E-state index contributed by atoms with van der Waals surface area (Å²) in [6.07, 6.45) is 8.30. The van der Waals surface area contributed by atoms with E-state index in [9.17, 15) is 4.79 Å². The molecule has 1 amide bonds. The molecule has 3 rings (SSSR count). The summed E-state index contributed by atoms with van der Waals surface area (Å²) in [4.78, 5) is 17.3. The van der Waals surface area contributed by atoms with Crippen molar-refractivity contribution in [3.8, 4) is 0 Å². The minimum Gasteiger partial charge on any atom is -0.349 e. The van der Waals surface area contributed by atoms with Crippen molar-refractivity contribution in [2.24, 2.45) is 0 Å². The quantitative estimate of drug-likeness (QED) is 0.926. The zero-order chi connectivity index (χ0) is 14.7. The van der Waals surface area contributed by atoms with Gasteiger partial charge in [0.15, 0.2) is 0 Å². The number of hydrogen-bond acceptors (Lipinski definition) is 3. The number of amides is 1. The summed E-state index contributed by atoms with van der Waals surface area (Å²) in [5, 5.41) is 3.25. The van der Waals surface area contributed by atoms with Gasteiger partial charge in [-0.2, -0.15) is 0 Å². The minimum absolute atomic E-state index is 0.156. The van der Waals surface area contributed by atoms with Crippen LogP contribution in [0.3, 0.4) is 0 Å². The van der Waals surface area contributed by atoms with E-state index in [0.717, 1.165) is 37.2 Å². The number of carbonyl (C=O) groups excluding carboxylic acids is 1. The average Bonchev–Trinajstić information content (AvgIpc) is 2.94. The van der Waals surface area contributed by atoms with Crippen LogP contribution < -0.4 is 5.32 Å². The molecule has 0 radical (unpaired) electrons. The highest BCUT2D eigenvalue weighted by molar-refractivity contribution is 7.14. The maximum Gasteiger partial charge on any atom is 0.261 e. The molecule has 116 valence electrons. The SMILES string of the molecule is CCCN1CCC(NC(=O)c2cc3c(s2)CCCC3)CC1. The van der Waals surface area contributed by atoms with Gasteiger partial charge in [0.2, 0.25) is 0 Å². The predicted molar refractivity (Wildman–Crippen MR) is 88.2 cm³/mol. The van der Waals surface area contributed by atoms with E-state index in [0.29, 0.717) is 6.04 Å². The normalized spacial score (nSPS) is 20.2. The van der Waals surface area contributed by atoms with Gasteiger partial charge in [-0.25, -0.2) is 0 Å². The maximum absolute atomic E-state index is 12.4. The third kappa shape index (κ3) is 3.67. The smallest absolute Gasteiger partial charge is 0.261 e. The number of piperidine rings is 1. The van der Waals surface area contributed by atoms with Crippen molar-refractivity contribution in [2.45, 2.75) is 57.9 Å². The first-order valence-corrected chi connectivity index (χ1v) is 9.22. The van der Waals surface area contributed by atoms with Crippen LogP contribution in [0.25, 0.3) is 0 Å². The summed E-state index contributed by atoms with van der Waals surface area (Å²) in [5.41, 5.74) is 1.43. The summed E-state index contributed by atoms with van der Waals surface area (Å²) in [7, 11) is 0. The highest BCUT2D eigenvalue weighted by atomic mass is 32.1. The Bertz CT molecular complexity index is 465. The largest absolute Gasteiger partial charge is 0.349 e. The molecule has 1 N–H and O–H groups in total. The molecule has 3 nitrogen and oxygen atoms in total. The predicted octanol–water partition coefficient (Wildman–Crippen LogP) is 3.23. The Morgan fingerprint density at radius 1 is 1.33 bits per heavy atom. The number of aryl methyl sites for hydroxylation is 2. The van der Waals surface area contributed by atoms with Gasteiger partial charge in [-0.1, -0.05) is 6.92 Å². The molecule has 21 heavy (non-hydrogen) atoms. The van der Waals surface area contributed by atoms with Gasteiger partial charge in [0, 0.05) is 24.0 Å². The van der Waals surface area contributed by atoms with Gasteiger partial charge < -0.3 is 10.2 Å². The summed E-state index contributed by atoms with van der Waals surface area (Å²) >= 11 is 1.72. The van der Waals surface area contributed by atoms with Crippen LogP contribution in [-0.4, -0.2) is 36.5 Å². The van der Waals surface area contributed by atoms with Gasteiger partial charge in [-0.3, -0.25) is 4.79 Å². The average molecular weight is 306 g/mol. The Kier molecular flexibility index (Phi) is 4.96. The lowest BCUT2D eigenvalue weighted by molar-refractivity contribution is 0.0915. The Morgan fingerprint density at radius 2 is 2.10 bits per heavy atom. The molecule has 0 atom stereocenters. The first-order valence-electron chi connectivity index (χ1n) is 8.41. The number of rotatable bonds is 4. The van der Waals surface area contributed by atoms with Crippen LogP contribution in [0.1, 0.15) is 59.1 Å². The van der Waals surface area contributed by atoms with Crippen molar-refractivity contribution in [3.05, 3.63) is 21.4 Å². The molecule has 0 bridgehead atoms. The molecule has 1 aliphatic carbocycles. The van der Waals surface area contributed by atoms with Gasteiger partial charge in [0.05, 0.1) is 4.88 Å².